The second-order valence-corrected chi connectivity index (χ2v) is 8.11. The number of pyridine rings is 1. The summed E-state index contributed by atoms with van der Waals surface area (Å²) in [4.78, 5) is 30.2. The second kappa shape index (κ2) is 9.91. The number of aromatic nitrogens is 3. The van der Waals surface area contributed by atoms with E-state index in [1.165, 1.54) is 23.9 Å². The van der Waals surface area contributed by atoms with Crippen LogP contribution in [0.2, 0.25) is 0 Å². The van der Waals surface area contributed by atoms with Gasteiger partial charge in [-0.3, -0.25) is 19.3 Å². The van der Waals surface area contributed by atoms with Gasteiger partial charge in [0.25, 0.3) is 5.91 Å². The van der Waals surface area contributed by atoms with Crippen LogP contribution in [0.5, 0.6) is 5.75 Å². The van der Waals surface area contributed by atoms with E-state index in [4.69, 9.17) is 5.73 Å². The molecular formula is C24H22F4N6O3. The molecule has 0 aliphatic rings. The Hall–Kier alpha value is -4.42. The van der Waals surface area contributed by atoms with Crippen molar-refractivity contribution in [2.24, 2.45) is 7.05 Å². The van der Waals surface area contributed by atoms with E-state index in [0.29, 0.717) is 16.3 Å². The first-order valence-electron chi connectivity index (χ1n) is 11.0. The van der Waals surface area contributed by atoms with Gasteiger partial charge in [0.15, 0.2) is 0 Å². The third-order valence-electron chi connectivity index (χ3n) is 5.79. The highest BCUT2D eigenvalue weighted by molar-refractivity contribution is 6.10. The number of carbonyl (C=O) groups is 2. The molecular weight excluding hydrogens is 496 g/mol. The number of hydrogen-bond donors (Lipinski definition) is 1. The number of nitrogen functional groups attached to an aromatic ring is 1. The normalized spacial score (nSPS) is 11.4. The van der Waals surface area contributed by atoms with Gasteiger partial charge >= 0.3 is 6.61 Å². The molecule has 0 atom stereocenters. The first kappa shape index (κ1) is 25.7. The van der Waals surface area contributed by atoms with E-state index in [1.54, 1.807) is 14.0 Å². The van der Waals surface area contributed by atoms with Crippen molar-refractivity contribution in [3.05, 3.63) is 59.3 Å². The second-order valence-electron chi connectivity index (χ2n) is 8.11. The van der Waals surface area contributed by atoms with Gasteiger partial charge in [-0.1, -0.05) is 6.07 Å². The van der Waals surface area contributed by atoms with Crippen LogP contribution in [0, 0.1) is 11.6 Å². The Labute approximate surface area is 208 Å². The van der Waals surface area contributed by atoms with Gasteiger partial charge in [0.1, 0.15) is 23.2 Å². The Kier molecular flexibility index (Phi) is 6.88. The zero-order chi connectivity index (χ0) is 27.0. The highest BCUT2D eigenvalue weighted by atomic mass is 19.3. The molecule has 2 aromatic heterocycles. The fourth-order valence-corrected chi connectivity index (χ4v) is 4.11. The molecule has 0 aliphatic heterocycles. The van der Waals surface area contributed by atoms with E-state index in [2.05, 4.69) is 14.8 Å². The number of carbonyl (C=O) groups excluding carboxylic acids is 2. The highest BCUT2D eigenvalue weighted by Gasteiger charge is 2.28. The minimum Gasteiger partial charge on any atom is -0.435 e. The summed E-state index contributed by atoms with van der Waals surface area (Å²) >= 11 is 0. The Balaban J connectivity index is 1.81. The molecule has 0 spiro atoms. The number of ether oxygens (including phenoxy) is 1. The van der Waals surface area contributed by atoms with Crippen LogP contribution in [0.3, 0.4) is 0 Å². The third kappa shape index (κ3) is 4.84. The van der Waals surface area contributed by atoms with Crippen LogP contribution in [0.4, 0.5) is 23.4 Å². The summed E-state index contributed by atoms with van der Waals surface area (Å²) in [5, 5.41) is 6.96. The van der Waals surface area contributed by atoms with Crippen molar-refractivity contribution < 1.29 is 31.9 Å². The van der Waals surface area contributed by atoms with Crippen LogP contribution in [-0.4, -0.2) is 49.8 Å². The van der Waals surface area contributed by atoms with Crippen molar-refractivity contribution in [2.75, 3.05) is 12.3 Å². The predicted molar refractivity (Wildman–Crippen MR) is 126 cm³/mol. The fourth-order valence-electron chi connectivity index (χ4n) is 4.11. The number of hydrazine groups is 1. The molecule has 0 radical (unpaired) electrons. The molecule has 2 heterocycles. The van der Waals surface area contributed by atoms with Gasteiger partial charge in [-0.25, -0.2) is 18.8 Å². The first-order chi connectivity index (χ1) is 17.5. The average Bonchev–Trinajstić information content (AvgIpc) is 3.21. The average molecular weight is 518 g/mol. The number of halogens is 4. The van der Waals surface area contributed by atoms with Crippen LogP contribution in [0.15, 0.2) is 36.5 Å². The number of alkyl halides is 2. The molecule has 0 unspecified atom stereocenters. The molecule has 0 fully saturated rings. The molecule has 0 bridgehead atoms. The van der Waals surface area contributed by atoms with Gasteiger partial charge in [-0.2, -0.15) is 13.9 Å². The molecule has 2 N–H and O–H groups in total. The number of aryl methyl sites for hydroxylation is 1. The maximum absolute atomic E-state index is 15.2. The lowest BCUT2D eigenvalue weighted by molar-refractivity contribution is -0.142. The van der Waals surface area contributed by atoms with Crippen molar-refractivity contribution in [1.82, 2.24) is 24.8 Å². The summed E-state index contributed by atoms with van der Waals surface area (Å²) < 4.78 is 60.6. The van der Waals surface area contributed by atoms with Crippen molar-refractivity contribution in [2.45, 2.75) is 27.0 Å². The first-order valence-corrected chi connectivity index (χ1v) is 11.0. The van der Waals surface area contributed by atoms with Gasteiger partial charge < -0.3 is 10.5 Å². The van der Waals surface area contributed by atoms with E-state index in [-0.39, 0.29) is 23.4 Å². The number of benzene rings is 2. The van der Waals surface area contributed by atoms with E-state index in [9.17, 15) is 22.8 Å². The molecule has 0 aliphatic carbocycles. The van der Waals surface area contributed by atoms with Gasteiger partial charge in [0.2, 0.25) is 5.91 Å². The maximum Gasteiger partial charge on any atom is 0.387 e. The maximum atomic E-state index is 15.2. The summed E-state index contributed by atoms with van der Waals surface area (Å²) in [5.74, 6) is -3.66. The highest BCUT2D eigenvalue weighted by Crippen LogP contribution is 2.30. The quantitative estimate of drug-likeness (QED) is 0.305. The Morgan fingerprint density at radius 3 is 2.46 bits per heavy atom. The third-order valence-corrected chi connectivity index (χ3v) is 5.79. The molecule has 37 heavy (non-hydrogen) atoms. The molecule has 194 valence electrons. The SMILES string of the molecule is CCN(C(C)=O)N(Cc1ccc(OC(F)F)cc1F)C(=O)c1cc2c(cc1F)nc(N)c1cnn(C)c12. The largest absolute Gasteiger partial charge is 0.435 e. The smallest absolute Gasteiger partial charge is 0.387 e. The van der Waals surface area contributed by atoms with Crippen LogP contribution in [0.1, 0.15) is 29.8 Å². The number of anilines is 1. The summed E-state index contributed by atoms with van der Waals surface area (Å²) in [6, 6.07) is 5.30. The molecule has 4 rings (SSSR count). The van der Waals surface area contributed by atoms with Crippen LogP contribution >= 0.6 is 0 Å². The van der Waals surface area contributed by atoms with Gasteiger partial charge in [-0.05, 0) is 19.1 Å². The summed E-state index contributed by atoms with van der Waals surface area (Å²) in [6.07, 6.45) is 1.49. The standard InChI is InChI=1S/C24H22F4N6O3/c1-4-33(12(2)35)34(11-13-5-6-14(7-18(13)25)37-24(27)28)23(36)15-8-16-20(9-19(15)26)31-22(29)17-10-30-32(3)21(16)17/h5-10,24H,4,11H2,1-3H3,(H2,29,31). The summed E-state index contributed by atoms with van der Waals surface area (Å²) in [7, 11) is 1.65. The van der Waals surface area contributed by atoms with Gasteiger partial charge in [-0.15, -0.1) is 0 Å². The van der Waals surface area contributed by atoms with Gasteiger partial charge in [0.05, 0.1) is 34.7 Å². The number of fused-ring (bicyclic) bond motifs is 3. The number of nitrogens with zero attached hydrogens (tertiary/aromatic N) is 5. The van der Waals surface area contributed by atoms with E-state index >= 15 is 4.39 Å². The monoisotopic (exact) mass is 518 g/mol. The molecule has 0 saturated heterocycles. The zero-order valence-corrected chi connectivity index (χ0v) is 20.0. The Morgan fingerprint density at radius 1 is 1.11 bits per heavy atom. The van der Waals surface area contributed by atoms with Crippen LogP contribution < -0.4 is 10.5 Å². The van der Waals surface area contributed by atoms with Crippen LogP contribution in [0.25, 0.3) is 21.8 Å². The lowest BCUT2D eigenvalue weighted by Gasteiger charge is -2.33. The molecule has 2 aromatic carbocycles. The Bertz CT molecular complexity index is 1520. The van der Waals surface area contributed by atoms with Crippen LogP contribution in [-0.2, 0) is 18.4 Å². The van der Waals surface area contributed by atoms with E-state index in [0.717, 1.165) is 34.3 Å². The zero-order valence-electron chi connectivity index (χ0n) is 20.0. The molecule has 4 aromatic rings. The molecule has 2 amide bonds. The minimum absolute atomic E-state index is 0.00847. The number of amides is 2. The minimum atomic E-state index is -3.15. The molecule has 0 saturated carbocycles. The fraction of sp³-hybridized carbons (Fsp3) is 0.250. The van der Waals surface area contributed by atoms with Crippen molar-refractivity contribution >= 4 is 39.4 Å². The van der Waals surface area contributed by atoms with Crippen molar-refractivity contribution in [1.29, 1.82) is 0 Å². The van der Waals surface area contributed by atoms with E-state index in [1.807, 2.05) is 0 Å². The molecule has 13 heteroatoms. The Morgan fingerprint density at radius 2 is 1.84 bits per heavy atom. The lowest BCUT2D eigenvalue weighted by Crippen LogP contribution is -2.48. The topological polar surface area (TPSA) is 107 Å². The molecule has 9 nitrogen and oxygen atoms in total. The summed E-state index contributed by atoms with van der Waals surface area (Å²) in [6.45, 7) is -0.855. The van der Waals surface area contributed by atoms with Gasteiger partial charge in [0, 0.05) is 43.6 Å². The summed E-state index contributed by atoms with van der Waals surface area (Å²) in [5.41, 5.74) is 6.16. The van der Waals surface area contributed by atoms with Crippen molar-refractivity contribution in [3.8, 4) is 5.75 Å². The number of nitrogens with two attached hydrogens (primary N) is 1. The number of rotatable bonds is 6. The number of hydrogen-bond acceptors (Lipinski definition) is 6. The predicted octanol–water partition coefficient (Wildman–Crippen LogP) is 4.01. The van der Waals surface area contributed by atoms with E-state index < -0.39 is 47.9 Å². The lowest BCUT2D eigenvalue weighted by atomic mass is 10.1. The van der Waals surface area contributed by atoms with Crippen molar-refractivity contribution in [3.63, 3.8) is 0 Å².